The average Bonchev–Trinajstić information content (AvgIpc) is 2.89. The molecule has 0 spiro atoms. The summed E-state index contributed by atoms with van der Waals surface area (Å²) in [5.41, 5.74) is 4.06. The Morgan fingerprint density at radius 3 is 2.67 bits per heavy atom. The molecule has 1 aromatic carbocycles. The first-order valence-corrected chi connectivity index (χ1v) is 7.50. The zero-order valence-corrected chi connectivity index (χ0v) is 13.8. The van der Waals surface area contributed by atoms with Crippen molar-refractivity contribution in [2.45, 2.75) is 6.92 Å². The molecule has 0 aliphatic carbocycles. The van der Waals surface area contributed by atoms with Gasteiger partial charge in [-0.1, -0.05) is 30.3 Å². The number of hydrogen-bond acceptors (Lipinski definition) is 5. The number of carbonyl (C=O) groups excluding carboxylic acids is 1. The fourth-order valence-corrected chi connectivity index (χ4v) is 2.66. The third-order valence-electron chi connectivity index (χ3n) is 3.81. The van der Waals surface area contributed by atoms with Crippen LogP contribution in [0.2, 0.25) is 0 Å². The van der Waals surface area contributed by atoms with E-state index in [1.165, 1.54) is 7.11 Å². The molecule has 0 saturated heterocycles. The SMILES string of the molecule is COC(=O)c1ccncc1Nc1nn(C)c(-c2ccccc2)c1C. The van der Waals surface area contributed by atoms with Crippen LogP contribution < -0.4 is 5.32 Å². The van der Waals surface area contributed by atoms with Gasteiger partial charge in [0.2, 0.25) is 0 Å². The number of esters is 1. The van der Waals surface area contributed by atoms with Gasteiger partial charge in [-0.3, -0.25) is 9.67 Å². The highest BCUT2D eigenvalue weighted by atomic mass is 16.5. The van der Waals surface area contributed by atoms with Crippen molar-refractivity contribution in [2.75, 3.05) is 12.4 Å². The summed E-state index contributed by atoms with van der Waals surface area (Å²) in [6, 6.07) is 11.7. The van der Waals surface area contributed by atoms with E-state index in [2.05, 4.69) is 15.4 Å². The number of nitrogens with one attached hydrogen (secondary N) is 1. The van der Waals surface area contributed by atoms with E-state index in [0.29, 0.717) is 17.1 Å². The Bertz CT molecular complexity index is 872. The molecule has 0 saturated carbocycles. The molecule has 0 fully saturated rings. The van der Waals surface area contributed by atoms with Gasteiger partial charge in [0.05, 0.1) is 30.3 Å². The summed E-state index contributed by atoms with van der Waals surface area (Å²) in [4.78, 5) is 16.0. The van der Waals surface area contributed by atoms with Gasteiger partial charge >= 0.3 is 5.97 Å². The Labute approximate surface area is 140 Å². The molecule has 6 nitrogen and oxygen atoms in total. The fraction of sp³-hybridized carbons (Fsp3) is 0.167. The Kier molecular flexibility index (Phi) is 4.29. The number of aromatic nitrogens is 3. The summed E-state index contributed by atoms with van der Waals surface area (Å²) in [6.45, 7) is 1.99. The Hall–Kier alpha value is -3.15. The third-order valence-corrected chi connectivity index (χ3v) is 3.81. The molecule has 0 bridgehead atoms. The summed E-state index contributed by atoms with van der Waals surface area (Å²) >= 11 is 0. The number of benzene rings is 1. The van der Waals surface area contributed by atoms with Gasteiger partial charge in [-0.15, -0.1) is 0 Å². The number of anilines is 2. The second-order valence-electron chi connectivity index (χ2n) is 5.35. The topological polar surface area (TPSA) is 69.0 Å². The summed E-state index contributed by atoms with van der Waals surface area (Å²) in [6.07, 6.45) is 3.14. The van der Waals surface area contributed by atoms with E-state index < -0.39 is 5.97 Å². The number of rotatable bonds is 4. The first-order valence-electron chi connectivity index (χ1n) is 7.50. The summed E-state index contributed by atoms with van der Waals surface area (Å²) in [5.74, 6) is 0.256. The summed E-state index contributed by atoms with van der Waals surface area (Å²) in [7, 11) is 3.25. The number of ether oxygens (including phenoxy) is 1. The third kappa shape index (κ3) is 2.86. The molecule has 1 N–H and O–H groups in total. The van der Waals surface area contributed by atoms with Gasteiger partial charge in [-0.25, -0.2) is 4.79 Å². The second-order valence-corrected chi connectivity index (χ2v) is 5.35. The van der Waals surface area contributed by atoms with Crippen molar-refractivity contribution in [3.63, 3.8) is 0 Å². The van der Waals surface area contributed by atoms with Crippen LogP contribution in [0.4, 0.5) is 11.5 Å². The maximum atomic E-state index is 11.9. The van der Waals surface area contributed by atoms with Crippen molar-refractivity contribution in [3.8, 4) is 11.3 Å². The molecule has 0 amide bonds. The van der Waals surface area contributed by atoms with Crippen LogP contribution in [0, 0.1) is 6.92 Å². The van der Waals surface area contributed by atoms with E-state index in [4.69, 9.17) is 4.74 Å². The zero-order chi connectivity index (χ0) is 17.1. The lowest BCUT2D eigenvalue weighted by Crippen LogP contribution is -2.06. The number of methoxy groups -OCH3 is 1. The van der Waals surface area contributed by atoms with Crippen molar-refractivity contribution >= 4 is 17.5 Å². The van der Waals surface area contributed by atoms with Crippen LogP contribution in [-0.2, 0) is 11.8 Å². The molecule has 0 atom stereocenters. The van der Waals surface area contributed by atoms with Crippen LogP contribution in [-0.4, -0.2) is 27.8 Å². The van der Waals surface area contributed by atoms with Gasteiger partial charge in [0.1, 0.15) is 0 Å². The van der Waals surface area contributed by atoms with Crippen LogP contribution in [0.1, 0.15) is 15.9 Å². The van der Waals surface area contributed by atoms with Crippen LogP contribution >= 0.6 is 0 Å². The first kappa shape index (κ1) is 15.7. The molecular weight excluding hydrogens is 304 g/mol. The lowest BCUT2D eigenvalue weighted by molar-refractivity contribution is 0.0602. The predicted octanol–water partition coefficient (Wildman–Crippen LogP) is 3.32. The van der Waals surface area contributed by atoms with E-state index in [0.717, 1.165) is 16.8 Å². The van der Waals surface area contributed by atoms with E-state index in [9.17, 15) is 4.79 Å². The first-order chi connectivity index (χ1) is 11.6. The maximum Gasteiger partial charge on any atom is 0.340 e. The van der Waals surface area contributed by atoms with Gasteiger partial charge < -0.3 is 10.1 Å². The van der Waals surface area contributed by atoms with Gasteiger partial charge in [0, 0.05) is 24.4 Å². The number of hydrogen-bond donors (Lipinski definition) is 1. The maximum absolute atomic E-state index is 11.9. The van der Waals surface area contributed by atoms with Crippen LogP contribution in [0.15, 0.2) is 48.8 Å². The standard InChI is InChI=1S/C18H18N4O2/c1-12-16(13-7-5-4-6-8-13)22(2)21-17(12)20-15-11-19-10-9-14(15)18(23)24-3/h4-11H,1-3H3,(H,20,21). The largest absolute Gasteiger partial charge is 0.465 e. The Morgan fingerprint density at radius 2 is 1.96 bits per heavy atom. The van der Waals surface area contributed by atoms with E-state index >= 15 is 0 Å². The minimum atomic E-state index is -0.420. The lowest BCUT2D eigenvalue weighted by Gasteiger charge is -2.08. The van der Waals surface area contributed by atoms with Crippen LogP contribution in [0.3, 0.4) is 0 Å². The molecule has 3 aromatic rings. The molecule has 24 heavy (non-hydrogen) atoms. The Balaban J connectivity index is 2.00. The quantitative estimate of drug-likeness (QED) is 0.746. The van der Waals surface area contributed by atoms with Crippen LogP contribution in [0.25, 0.3) is 11.3 Å². The molecule has 122 valence electrons. The molecule has 0 unspecified atom stereocenters. The Morgan fingerprint density at radius 1 is 1.21 bits per heavy atom. The number of aryl methyl sites for hydroxylation is 1. The van der Waals surface area contributed by atoms with Crippen LogP contribution in [0.5, 0.6) is 0 Å². The van der Waals surface area contributed by atoms with Gasteiger partial charge in [0.15, 0.2) is 5.82 Å². The van der Waals surface area contributed by atoms with Crippen molar-refractivity contribution in [2.24, 2.45) is 7.05 Å². The smallest absolute Gasteiger partial charge is 0.340 e. The molecular formula is C18H18N4O2. The van der Waals surface area contributed by atoms with Gasteiger partial charge in [0.25, 0.3) is 0 Å². The number of nitrogens with zero attached hydrogens (tertiary/aromatic N) is 3. The number of carbonyl (C=O) groups is 1. The van der Waals surface area contributed by atoms with Crippen molar-refractivity contribution < 1.29 is 9.53 Å². The minimum absolute atomic E-state index is 0.416. The second kappa shape index (κ2) is 6.54. The normalized spacial score (nSPS) is 10.5. The van der Waals surface area contributed by atoms with Crippen molar-refractivity contribution in [1.82, 2.24) is 14.8 Å². The molecule has 2 aromatic heterocycles. The monoisotopic (exact) mass is 322 g/mol. The highest BCUT2D eigenvalue weighted by molar-refractivity contribution is 5.96. The average molecular weight is 322 g/mol. The minimum Gasteiger partial charge on any atom is -0.465 e. The highest BCUT2D eigenvalue weighted by Gasteiger charge is 2.17. The van der Waals surface area contributed by atoms with Gasteiger partial charge in [-0.2, -0.15) is 5.10 Å². The molecule has 3 rings (SSSR count). The molecule has 6 heteroatoms. The van der Waals surface area contributed by atoms with E-state index in [-0.39, 0.29) is 0 Å². The van der Waals surface area contributed by atoms with Gasteiger partial charge in [-0.05, 0) is 13.0 Å². The highest BCUT2D eigenvalue weighted by Crippen LogP contribution is 2.30. The molecule has 0 aliphatic rings. The molecule has 0 aliphatic heterocycles. The van der Waals surface area contributed by atoms with Crippen molar-refractivity contribution in [1.29, 1.82) is 0 Å². The zero-order valence-electron chi connectivity index (χ0n) is 13.8. The predicted molar refractivity (Wildman–Crippen MR) is 92.2 cm³/mol. The van der Waals surface area contributed by atoms with E-state index in [1.807, 2.05) is 49.0 Å². The molecule has 2 heterocycles. The van der Waals surface area contributed by atoms with E-state index in [1.54, 1.807) is 18.5 Å². The number of pyridine rings is 1. The fourth-order valence-electron chi connectivity index (χ4n) is 2.66. The summed E-state index contributed by atoms with van der Waals surface area (Å²) < 4.78 is 6.63. The molecule has 0 radical (unpaired) electrons. The van der Waals surface area contributed by atoms with Crippen molar-refractivity contribution in [3.05, 3.63) is 59.9 Å². The lowest BCUT2D eigenvalue weighted by atomic mass is 10.1. The summed E-state index contributed by atoms with van der Waals surface area (Å²) in [5, 5.41) is 7.73.